The fourth-order valence-corrected chi connectivity index (χ4v) is 0.897. The third-order valence-corrected chi connectivity index (χ3v) is 1.85. The molecule has 0 fully saturated rings. The molecule has 0 heterocycles. The minimum Gasteiger partial charge on any atom is -0.464 e. The highest BCUT2D eigenvalue weighted by atomic mass is 16.5. The van der Waals surface area contributed by atoms with Crippen molar-refractivity contribution in [1.29, 1.82) is 0 Å². The molecular formula is C9H16O7. The smallest absolute Gasteiger partial charge is 0.337 e. The Hall–Kier alpha value is -1.02. The average Bonchev–Trinajstić information content (AvgIpc) is 2.31. The average molecular weight is 236 g/mol. The molecule has 0 bridgehead atoms. The lowest BCUT2D eigenvalue weighted by molar-refractivity contribution is -0.169. The van der Waals surface area contributed by atoms with Crippen molar-refractivity contribution in [2.75, 3.05) is 6.61 Å². The van der Waals surface area contributed by atoms with Crippen LogP contribution in [0.1, 0.15) is 13.3 Å². The number of hydrogen-bond donors (Lipinski definition) is 4. The van der Waals surface area contributed by atoms with Gasteiger partial charge in [0.1, 0.15) is 18.3 Å². The van der Waals surface area contributed by atoms with Gasteiger partial charge >= 0.3 is 5.97 Å². The van der Waals surface area contributed by atoms with Gasteiger partial charge in [0.25, 0.3) is 0 Å². The molecule has 7 heteroatoms. The fourth-order valence-electron chi connectivity index (χ4n) is 0.897. The summed E-state index contributed by atoms with van der Waals surface area (Å²) in [5, 5.41) is 36.4. The third-order valence-electron chi connectivity index (χ3n) is 1.85. The van der Waals surface area contributed by atoms with Crippen molar-refractivity contribution < 1.29 is 34.8 Å². The molecule has 0 aliphatic rings. The summed E-state index contributed by atoms with van der Waals surface area (Å²) in [5.74, 6) is -1.12. The molecule has 0 saturated heterocycles. The molecule has 0 amide bonds. The molecule has 7 nitrogen and oxygen atoms in total. The van der Waals surface area contributed by atoms with E-state index in [1.54, 1.807) is 6.92 Å². The van der Waals surface area contributed by atoms with Crippen molar-refractivity contribution >= 4 is 12.3 Å². The summed E-state index contributed by atoms with van der Waals surface area (Å²) >= 11 is 0. The standard InChI is InChI=1S/C9H16O7/c1-2-3-16-9(15)8(14)7(13)6(12)5(11)4-10/h4-8,11-14H,2-3H2,1H3/t5-,6-,7+,8-/m0/s1. The van der Waals surface area contributed by atoms with Crippen LogP contribution in [0, 0.1) is 0 Å². The predicted octanol–water partition coefficient (Wildman–Crippen LogP) is -2.42. The maximum absolute atomic E-state index is 11.0. The summed E-state index contributed by atoms with van der Waals surface area (Å²) < 4.78 is 4.51. The van der Waals surface area contributed by atoms with E-state index in [2.05, 4.69) is 4.74 Å². The van der Waals surface area contributed by atoms with Crippen LogP contribution in [0.25, 0.3) is 0 Å². The molecule has 0 spiro atoms. The minimum atomic E-state index is -2.00. The monoisotopic (exact) mass is 236 g/mol. The summed E-state index contributed by atoms with van der Waals surface area (Å²) in [7, 11) is 0. The predicted molar refractivity (Wildman–Crippen MR) is 51.3 cm³/mol. The Morgan fingerprint density at radius 1 is 1.25 bits per heavy atom. The number of aliphatic hydroxyl groups excluding tert-OH is 4. The van der Waals surface area contributed by atoms with Gasteiger partial charge < -0.3 is 30.0 Å². The maximum Gasteiger partial charge on any atom is 0.337 e. The first-order valence-electron chi connectivity index (χ1n) is 4.79. The van der Waals surface area contributed by atoms with Gasteiger partial charge in [-0.3, -0.25) is 0 Å². The molecule has 0 radical (unpaired) electrons. The summed E-state index contributed by atoms with van der Waals surface area (Å²) in [6.07, 6.45) is -7.28. The zero-order valence-corrected chi connectivity index (χ0v) is 8.81. The van der Waals surface area contributed by atoms with Gasteiger partial charge in [-0.15, -0.1) is 0 Å². The van der Waals surface area contributed by atoms with Crippen LogP contribution >= 0.6 is 0 Å². The van der Waals surface area contributed by atoms with Crippen molar-refractivity contribution in [2.24, 2.45) is 0 Å². The van der Waals surface area contributed by atoms with Crippen LogP contribution in [0.5, 0.6) is 0 Å². The van der Waals surface area contributed by atoms with Crippen molar-refractivity contribution in [3.05, 3.63) is 0 Å². The van der Waals surface area contributed by atoms with Gasteiger partial charge in [-0.1, -0.05) is 6.92 Å². The first-order valence-corrected chi connectivity index (χ1v) is 4.79. The van der Waals surface area contributed by atoms with Gasteiger partial charge in [0, 0.05) is 0 Å². The Kier molecular flexibility index (Phi) is 6.82. The fraction of sp³-hybridized carbons (Fsp3) is 0.778. The molecule has 16 heavy (non-hydrogen) atoms. The number of carbonyl (C=O) groups is 2. The molecule has 0 aliphatic heterocycles. The molecule has 4 N–H and O–H groups in total. The van der Waals surface area contributed by atoms with Gasteiger partial charge in [0.05, 0.1) is 6.61 Å². The second-order valence-electron chi connectivity index (χ2n) is 3.22. The van der Waals surface area contributed by atoms with Gasteiger partial charge in [0.2, 0.25) is 0 Å². The van der Waals surface area contributed by atoms with E-state index in [-0.39, 0.29) is 12.9 Å². The number of aliphatic hydroxyl groups is 4. The number of ether oxygens (including phenoxy) is 1. The molecule has 94 valence electrons. The van der Waals surface area contributed by atoms with Crippen molar-refractivity contribution in [1.82, 2.24) is 0 Å². The van der Waals surface area contributed by atoms with Gasteiger partial charge in [-0.25, -0.2) is 4.79 Å². The van der Waals surface area contributed by atoms with Crippen molar-refractivity contribution in [2.45, 2.75) is 37.8 Å². The molecule has 0 unspecified atom stereocenters. The molecule has 0 saturated carbocycles. The largest absolute Gasteiger partial charge is 0.464 e. The Morgan fingerprint density at radius 2 is 1.81 bits per heavy atom. The van der Waals surface area contributed by atoms with E-state index in [1.807, 2.05) is 0 Å². The lowest BCUT2D eigenvalue weighted by atomic mass is 10.0. The van der Waals surface area contributed by atoms with E-state index in [1.165, 1.54) is 0 Å². The zero-order chi connectivity index (χ0) is 12.7. The Labute approximate surface area is 92.3 Å². The van der Waals surface area contributed by atoms with E-state index >= 15 is 0 Å². The highest BCUT2D eigenvalue weighted by Crippen LogP contribution is 2.05. The van der Waals surface area contributed by atoms with Crippen LogP contribution in [0.15, 0.2) is 0 Å². The summed E-state index contributed by atoms with van der Waals surface area (Å²) in [5.41, 5.74) is 0. The lowest BCUT2D eigenvalue weighted by Crippen LogP contribution is -2.48. The molecule has 0 aliphatic carbocycles. The normalized spacial score (nSPS) is 18.3. The molecular weight excluding hydrogens is 220 g/mol. The van der Waals surface area contributed by atoms with Gasteiger partial charge in [0.15, 0.2) is 12.4 Å². The third kappa shape index (κ3) is 4.23. The van der Waals surface area contributed by atoms with Crippen LogP contribution < -0.4 is 0 Å². The Balaban J connectivity index is 4.30. The Morgan fingerprint density at radius 3 is 2.25 bits per heavy atom. The van der Waals surface area contributed by atoms with Crippen LogP contribution in [0.4, 0.5) is 0 Å². The first kappa shape index (κ1) is 15.0. The molecule has 0 aromatic carbocycles. The van der Waals surface area contributed by atoms with E-state index in [0.717, 1.165) is 0 Å². The van der Waals surface area contributed by atoms with Crippen molar-refractivity contribution in [3.63, 3.8) is 0 Å². The number of hydrogen-bond acceptors (Lipinski definition) is 7. The number of rotatable bonds is 7. The Bertz CT molecular complexity index is 230. The zero-order valence-electron chi connectivity index (χ0n) is 8.81. The van der Waals surface area contributed by atoms with E-state index in [4.69, 9.17) is 10.2 Å². The van der Waals surface area contributed by atoms with E-state index in [0.29, 0.717) is 6.42 Å². The van der Waals surface area contributed by atoms with Gasteiger partial charge in [-0.2, -0.15) is 0 Å². The van der Waals surface area contributed by atoms with E-state index < -0.39 is 30.4 Å². The highest BCUT2D eigenvalue weighted by molar-refractivity contribution is 5.75. The lowest BCUT2D eigenvalue weighted by Gasteiger charge is -2.22. The quantitative estimate of drug-likeness (QED) is 0.286. The summed E-state index contributed by atoms with van der Waals surface area (Å²) in [6, 6.07) is 0. The summed E-state index contributed by atoms with van der Waals surface area (Å²) in [4.78, 5) is 21.1. The number of carbonyl (C=O) groups excluding carboxylic acids is 2. The summed E-state index contributed by atoms with van der Waals surface area (Å²) in [6.45, 7) is 1.80. The topological polar surface area (TPSA) is 124 Å². The number of aldehydes is 1. The van der Waals surface area contributed by atoms with Crippen LogP contribution in [-0.2, 0) is 14.3 Å². The second-order valence-corrected chi connectivity index (χ2v) is 3.22. The van der Waals surface area contributed by atoms with Crippen molar-refractivity contribution in [3.8, 4) is 0 Å². The molecule has 0 rings (SSSR count). The van der Waals surface area contributed by atoms with E-state index in [9.17, 15) is 19.8 Å². The van der Waals surface area contributed by atoms with Crippen LogP contribution in [0.2, 0.25) is 0 Å². The first-order chi connectivity index (χ1) is 7.45. The molecule has 0 aromatic heterocycles. The molecule has 0 aromatic rings. The SMILES string of the molecule is CCCOC(=O)[C@@H](O)[C@H](O)[C@@H](O)[C@@H](O)C=O. The minimum absolute atomic E-state index is 0.0159. The van der Waals surface area contributed by atoms with Crippen LogP contribution in [-0.4, -0.2) is 63.7 Å². The van der Waals surface area contributed by atoms with Gasteiger partial charge in [-0.05, 0) is 6.42 Å². The second kappa shape index (κ2) is 7.29. The highest BCUT2D eigenvalue weighted by Gasteiger charge is 2.35. The maximum atomic E-state index is 11.0. The van der Waals surface area contributed by atoms with Crippen LogP contribution in [0.3, 0.4) is 0 Å². The molecule has 4 atom stereocenters. The number of esters is 1.